The number of rotatable bonds is 5. The molecule has 1 rings (SSSR count). The van der Waals surface area contributed by atoms with Crippen molar-refractivity contribution in [1.82, 2.24) is 10.6 Å². The van der Waals surface area contributed by atoms with Gasteiger partial charge >= 0.3 is 12.2 Å². The molecule has 2 N–H and O–H groups in total. The van der Waals surface area contributed by atoms with Crippen molar-refractivity contribution in [3.05, 3.63) is 47.7 Å². The summed E-state index contributed by atoms with van der Waals surface area (Å²) in [7, 11) is 0. The van der Waals surface area contributed by atoms with E-state index < -0.39 is 18.6 Å². The van der Waals surface area contributed by atoms with Gasteiger partial charge in [0.1, 0.15) is 0 Å². The molecule has 0 saturated carbocycles. The molecule has 0 bridgehead atoms. The first-order valence-corrected chi connectivity index (χ1v) is 6.08. The minimum absolute atomic E-state index is 0.00407. The first-order chi connectivity index (χ1) is 9.80. The van der Waals surface area contributed by atoms with Crippen LogP contribution in [0.4, 0.5) is 18.0 Å². The highest BCUT2D eigenvalue weighted by Crippen LogP contribution is 2.22. The summed E-state index contributed by atoms with van der Waals surface area (Å²) in [6.45, 7) is 3.53. The molecule has 0 heterocycles. The summed E-state index contributed by atoms with van der Waals surface area (Å²) in [6.07, 6.45) is -5.67. The molecule has 0 aromatic heterocycles. The van der Waals surface area contributed by atoms with Gasteiger partial charge in [-0.1, -0.05) is 18.7 Å². The first-order valence-electron chi connectivity index (χ1n) is 6.08. The maximum absolute atomic E-state index is 12.0. The number of alkyl halides is 3. The molecule has 0 saturated heterocycles. The first kappa shape index (κ1) is 16.6. The lowest BCUT2D eigenvalue weighted by molar-refractivity contribution is -0.134. The zero-order valence-corrected chi connectivity index (χ0v) is 11.1. The van der Waals surface area contributed by atoms with Crippen molar-refractivity contribution in [2.75, 3.05) is 0 Å². The van der Waals surface area contributed by atoms with Crippen molar-refractivity contribution in [1.29, 1.82) is 5.26 Å². The van der Waals surface area contributed by atoms with Crippen molar-refractivity contribution in [2.45, 2.75) is 25.6 Å². The van der Waals surface area contributed by atoms with Crippen LogP contribution in [0.1, 0.15) is 24.0 Å². The van der Waals surface area contributed by atoms with Gasteiger partial charge in [0.25, 0.3) is 0 Å². The number of carbonyl (C=O) groups is 1. The quantitative estimate of drug-likeness (QED) is 0.876. The third-order valence-electron chi connectivity index (χ3n) is 2.51. The third-order valence-corrected chi connectivity index (χ3v) is 2.51. The molecule has 112 valence electrons. The molecular formula is C14H14F3N3O. The number of nitriles is 1. The van der Waals surface area contributed by atoms with Gasteiger partial charge in [-0.3, -0.25) is 0 Å². The Hall–Kier alpha value is -2.49. The van der Waals surface area contributed by atoms with E-state index in [9.17, 15) is 18.0 Å². The van der Waals surface area contributed by atoms with Crippen molar-refractivity contribution in [3.8, 4) is 6.07 Å². The molecule has 0 aliphatic rings. The summed E-state index contributed by atoms with van der Waals surface area (Å²) in [6, 6.07) is 7.97. The van der Waals surface area contributed by atoms with Crippen LogP contribution in [-0.2, 0) is 6.54 Å². The van der Waals surface area contributed by atoms with Gasteiger partial charge in [-0.15, -0.1) is 0 Å². The molecule has 21 heavy (non-hydrogen) atoms. The Morgan fingerprint density at radius 2 is 2.10 bits per heavy atom. The number of amides is 2. The SMILES string of the molecule is C=C(CCC(F)(F)F)NC(=O)NCc1cccc(C#N)c1. The number of nitrogens with zero attached hydrogens (tertiary/aromatic N) is 1. The lowest BCUT2D eigenvalue weighted by atomic mass is 10.1. The van der Waals surface area contributed by atoms with Gasteiger partial charge < -0.3 is 10.6 Å². The average Bonchev–Trinajstić information content (AvgIpc) is 2.42. The number of allylic oxidation sites excluding steroid dienone is 1. The maximum atomic E-state index is 12.0. The Morgan fingerprint density at radius 1 is 1.38 bits per heavy atom. The highest BCUT2D eigenvalue weighted by molar-refractivity contribution is 5.75. The van der Waals surface area contributed by atoms with E-state index in [2.05, 4.69) is 17.2 Å². The van der Waals surface area contributed by atoms with E-state index in [1.54, 1.807) is 24.3 Å². The smallest absolute Gasteiger partial charge is 0.334 e. The molecule has 0 fully saturated rings. The van der Waals surface area contributed by atoms with Gasteiger partial charge in [0.05, 0.1) is 11.6 Å². The number of hydrogen-bond acceptors (Lipinski definition) is 2. The normalized spacial score (nSPS) is 10.6. The van der Waals surface area contributed by atoms with Gasteiger partial charge in [-0.2, -0.15) is 18.4 Å². The van der Waals surface area contributed by atoms with Crippen molar-refractivity contribution >= 4 is 6.03 Å². The second-order valence-corrected chi connectivity index (χ2v) is 4.34. The van der Waals surface area contributed by atoms with E-state index in [0.29, 0.717) is 11.1 Å². The highest BCUT2D eigenvalue weighted by atomic mass is 19.4. The largest absolute Gasteiger partial charge is 0.389 e. The monoisotopic (exact) mass is 297 g/mol. The summed E-state index contributed by atoms with van der Waals surface area (Å²) < 4.78 is 36.0. The molecule has 0 unspecified atom stereocenters. The van der Waals surface area contributed by atoms with Crippen LogP contribution < -0.4 is 10.6 Å². The summed E-state index contributed by atoms with van der Waals surface area (Å²) in [5.74, 6) is 0. The fourth-order valence-electron chi connectivity index (χ4n) is 1.49. The minimum atomic E-state index is -4.28. The number of urea groups is 1. The van der Waals surface area contributed by atoms with E-state index in [-0.39, 0.29) is 18.7 Å². The van der Waals surface area contributed by atoms with Crippen LogP contribution in [0.15, 0.2) is 36.5 Å². The van der Waals surface area contributed by atoms with Crippen LogP contribution in [0.5, 0.6) is 0 Å². The molecule has 1 aromatic carbocycles. The Labute approximate surface area is 120 Å². The third kappa shape index (κ3) is 7.01. The van der Waals surface area contributed by atoms with E-state index in [0.717, 1.165) is 0 Å². The van der Waals surface area contributed by atoms with Gasteiger partial charge in [0, 0.05) is 18.7 Å². The molecule has 1 aromatic rings. The molecule has 0 radical (unpaired) electrons. The number of nitrogens with one attached hydrogen (secondary N) is 2. The lowest BCUT2D eigenvalue weighted by Crippen LogP contribution is -2.34. The second kappa shape index (κ2) is 7.33. The maximum Gasteiger partial charge on any atom is 0.389 e. The Morgan fingerprint density at radius 3 is 2.71 bits per heavy atom. The predicted molar refractivity (Wildman–Crippen MR) is 71.0 cm³/mol. The van der Waals surface area contributed by atoms with Gasteiger partial charge in [0.15, 0.2) is 0 Å². The van der Waals surface area contributed by atoms with Crippen molar-refractivity contribution in [3.63, 3.8) is 0 Å². The fraction of sp³-hybridized carbons (Fsp3) is 0.286. The summed E-state index contributed by atoms with van der Waals surface area (Å²) in [4.78, 5) is 11.5. The highest BCUT2D eigenvalue weighted by Gasteiger charge is 2.26. The van der Waals surface area contributed by atoms with Crippen LogP contribution in [0.2, 0.25) is 0 Å². The predicted octanol–water partition coefficient (Wildman–Crippen LogP) is 3.21. The Balaban J connectivity index is 2.37. The lowest BCUT2D eigenvalue weighted by Gasteiger charge is -2.11. The number of hydrogen-bond donors (Lipinski definition) is 2. The van der Waals surface area contributed by atoms with E-state index in [1.165, 1.54) is 0 Å². The van der Waals surface area contributed by atoms with E-state index in [1.807, 2.05) is 6.07 Å². The molecule has 0 atom stereocenters. The fourth-order valence-corrected chi connectivity index (χ4v) is 1.49. The molecular weight excluding hydrogens is 283 g/mol. The van der Waals surface area contributed by atoms with Crippen LogP contribution in [-0.4, -0.2) is 12.2 Å². The van der Waals surface area contributed by atoms with Crippen molar-refractivity contribution in [2.24, 2.45) is 0 Å². The Kier molecular flexibility index (Phi) is 5.79. The summed E-state index contributed by atoms with van der Waals surface area (Å²) >= 11 is 0. The minimum Gasteiger partial charge on any atom is -0.334 e. The standard InChI is InChI=1S/C14H14F3N3O/c1-10(5-6-14(15,16)17)20-13(21)19-9-12-4-2-3-11(7-12)8-18/h2-4,7H,1,5-6,9H2,(H2,19,20,21). The average molecular weight is 297 g/mol. The van der Waals surface area contributed by atoms with Crippen LogP contribution in [0.25, 0.3) is 0 Å². The number of halogens is 3. The van der Waals surface area contributed by atoms with Crippen LogP contribution in [0, 0.1) is 11.3 Å². The van der Waals surface area contributed by atoms with Crippen LogP contribution in [0.3, 0.4) is 0 Å². The molecule has 4 nitrogen and oxygen atoms in total. The topological polar surface area (TPSA) is 64.9 Å². The van der Waals surface area contributed by atoms with Gasteiger partial charge in [-0.05, 0) is 24.1 Å². The zero-order chi connectivity index (χ0) is 15.9. The summed E-state index contributed by atoms with van der Waals surface area (Å²) in [5, 5.41) is 13.4. The molecule has 0 aliphatic heterocycles. The Bertz CT molecular complexity index is 561. The molecule has 2 amide bonds. The van der Waals surface area contributed by atoms with Gasteiger partial charge in [0.2, 0.25) is 0 Å². The summed E-state index contributed by atoms with van der Waals surface area (Å²) in [5.41, 5.74) is 1.17. The van der Waals surface area contributed by atoms with Crippen molar-refractivity contribution < 1.29 is 18.0 Å². The zero-order valence-electron chi connectivity index (χ0n) is 11.1. The number of benzene rings is 1. The van der Waals surface area contributed by atoms with Crippen LogP contribution >= 0.6 is 0 Å². The van der Waals surface area contributed by atoms with Gasteiger partial charge in [-0.25, -0.2) is 4.79 Å². The number of carbonyl (C=O) groups excluding carboxylic acids is 1. The molecule has 0 aliphatic carbocycles. The second-order valence-electron chi connectivity index (χ2n) is 4.34. The molecule has 7 heteroatoms. The van der Waals surface area contributed by atoms with E-state index in [4.69, 9.17) is 5.26 Å². The molecule has 0 spiro atoms. The van der Waals surface area contributed by atoms with E-state index >= 15 is 0 Å².